The number of fused-ring (bicyclic) bond motifs is 1. The first kappa shape index (κ1) is 19.5. The Morgan fingerprint density at radius 3 is 2.72 bits per heavy atom. The number of carbonyl (C=O) groups is 2. The van der Waals surface area contributed by atoms with E-state index in [9.17, 15) is 14.9 Å². The summed E-state index contributed by atoms with van der Waals surface area (Å²) in [5.41, 5.74) is 1.96. The summed E-state index contributed by atoms with van der Waals surface area (Å²) in [5.74, 6) is -0.530. The molecular formula is C19H26N2O3S. The molecule has 0 bridgehead atoms. The molecule has 1 aliphatic rings. The number of hydrogen-bond donors (Lipinski definition) is 2. The van der Waals surface area contributed by atoms with Crippen LogP contribution < -0.4 is 5.32 Å². The number of hydrogen-bond acceptors (Lipinski definition) is 4. The summed E-state index contributed by atoms with van der Waals surface area (Å²) >= 11 is 1.51. The second kappa shape index (κ2) is 8.01. The fourth-order valence-electron chi connectivity index (χ4n) is 3.34. The minimum absolute atomic E-state index is 0.0206. The van der Waals surface area contributed by atoms with E-state index >= 15 is 0 Å². The van der Waals surface area contributed by atoms with E-state index in [0.717, 1.165) is 31.2 Å². The molecule has 0 spiro atoms. The van der Waals surface area contributed by atoms with E-state index in [1.54, 1.807) is 0 Å². The van der Waals surface area contributed by atoms with E-state index in [0.29, 0.717) is 22.9 Å². The molecule has 5 nitrogen and oxygen atoms in total. The number of amides is 1. The van der Waals surface area contributed by atoms with Crippen LogP contribution in [0.15, 0.2) is 0 Å². The van der Waals surface area contributed by atoms with Crippen molar-refractivity contribution in [3.63, 3.8) is 0 Å². The third-order valence-electron chi connectivity index (χ3n) is 5.44. The van der Waals surface area contributed by atoms with Gasteiger partial charge < -0.3 is 10.4 Å². The van der Waals surface area contributed by atoms with Crippen molar-refractivity contribution in [3.8, 4) is 6.07 Å². The molecule has 1 heterocycles. The van der Waals surface area contributed by atoms with Crippen LogP contribution in [0.4, 0.5) is 5.00 Å². The number of nitriles is 1. The molecule has 0 radical (unpaired) electrons. The lowest BCUT2D eigenvalue weighted by molar-refractivity contribution is -0.137. The average Bonchev–Trinajstić information content (AvgIpc) is 2.90. The number of carboxylic acids is 1. The molecule has 0 fully saturated rings. The zero-order chi connectivity index (χ0) is 18.6. The van der Waals surface area contributed by atoms with Crippen molar-refractivity contribution < 1.29 is 14.7 Å². The Morgan fingerprint density at radius 1 is 1.40 bits per heavy atom. The minimum atomic E-state index is -0.901. The van der Waals surface area contributed by atoms with Crippen molar-refractivity contribution >= 4 is 28.2 Å². The van der Waals surface area contributed by atoms with Gasteiger partial charge in [0.25, 0.3) is 0 Å². The highest BCUT2D eigenvalue weighted by Gasteiger charge is 2.34. The molecule has 1 aromatic heterocycles. The van der Waals surface area contributed by atoms with E-state index in [4.69, 9.17) is 5.11 Å². The van der Waals surface area contributed by atoms with Crippen molar-refractivity contribution in [2.24, 2.45) is 11.3 Å². The Balaban J connectivity index is 2.11. The van der Waals surface area contributed by atoms with Gasteiger partial charge in [-0.25, -0.2) is 0 Å². The second-order valence-corrected chi connectivity index (χ2v) is 8.50. The maximum absolute atomic E-state index is 12.0. The van der Waals surface area contributed by atoms with Gasteiger partial charge in [-0.1, -0.05) is 27.2 Å². The standard InChI is InChI=1S/C19H26N2O3S/c1-4-19(2,3)12-8-9-13-14(11-20)18(25-15(13)10-12)21-16(22)6-5-7-17(23)24/h12H,4-10H2,1-3H3,(H,21,22)(H,23,24)/t12-/m1/s1. The third-order valence-corrected chi connectivity index (χ3v) is 6.61. The molecule has 1 aromatic rings. The first-order valence-electron chi connectivity index (χ1n) is 8.84. The van der Waals surface area contributed by atoms with Gasteiger partial charge in [0.2, 0.25) is 5.91 Å². The number of rotatable bonds is 7. The van der Waals surface area contributed by atoms with Crippen LogP contribution in [0, 0.1) is 22.7 Å². The molecule has 25 heavy (non-hydrogen) atoms. The summed E-state index contributed by atoms with van der Waals surface area (Å²) in [5, 5.41) is 21.6. The first-order valence-corrected chi connectivity index (χ1v) is 9.66. The largest absolute Gasteiger partial charge is 0.481 e. The minimum Gasteiger partial charge on any atom is -0.481 e. The Morgan fingerprint density at radius 2 is 2.12 bits per heavy atom. The lowest BCUT2D eigenvalue weighted by Gasteiger charge is -2.36. The number of nitrogens with zero attached hydrogens (tertiary/aromatic N) is 1. The van der Waals surface area contributed by atoms with E-state index in [2.05, 4.69) is 32.2 Å². The number of aliphatic carboxylic acids is 1. The fraction of sp³-hybridized carbons (Fsp3) is 0.632. The van der Waals surface area contributed by atoms with E-state index in [-0.39, 0.29) is 24.2 Å². The number of nitrogens with one attached hydrogen (secondary N) is 1. The summed E-state index contributed by atoms with van der Waals surface area (Å²) < 4.78 is 0. The maximum atomic E-state index is 12.0. The molecule has 1 aliphatic carbocycles. The normalized spacial score (nSPS) is 16.8. The summed E-state index contributed by atoms with van der Waals surface area (Å²) in [4.78, 5) is 23.8. The van der Waals surface area contributed by atoms with Crippen LogP contribution in [0.5, 0.6) is 0 Å². The second-order valence-electron chi connectivity index (χ2n) is 7.40. The first-order chi connectivity index (χ1) is 11.8. The van der Waals surface area contributed by atoms with Crippen LogP contribution in [0.3, 0.4) is 0 Å². The van der Waals surface area contributed by atoms with Crippen LogP contribution in [0.2, 0.25) is 0 Å². The zero-order valence-corrected chi connectivity index (χ0v) is 16.0. The van der Waals surface area contributed by atoms with Gasteiger partial charge in [-0.2, -0.15) is 5.26 Å². The van der Waals surface area contributed by atoms with E-state index in [1.165, 1.54) is 16.2 Å². The van der Waals surface area contributed by atoms with Crippen LogP contribution in [-0.4, -0.2) is 17.0 Å². The zero-order valence-electron chi connectivity index (χ0n) is 15.1. The smallest absolute Gasteiger partial charge is 0.303 e. The predicted molar refractivity (Wildman–Crippen MR) is 98.7 cm³/mol. The quantitative estimate of drug-likeness (QED) is 0.754. The van der Waals surface area contributed by atoms with Crippen LogP contribution >= 0.6 is 11.3 Å². The summed E-state index contributed by atoms with van der Waals surface area (Å²) in [6.45, 7) is 6.81. The molecule has 2 rings (SSSR count). The Hall–Kier alpha value is -1.87. The summed E-state index contributed by atoms with van der Waals surface area (Å²) in [6, 6.07) is 2.25. The lowest BCUT2D eigenvalue weighted by Crippen LogP contribution is -2.28. The number of anilines is 1. The van der Waals surface area contributed by atoms with Gasteiger partial charge in [0, 0.05) is 17.7 Å². The molecule has 6 heteroatoms. The third kappa shape index (κ3) is 4.60. The average molecular weight is 362 g/mol. The fourth-order valence-corrected chi connectivity index (χ4v) is 4.63. The number of thiophene rings is 1. The Bertz CT molecular complexity index is 700. The van der Waals surface area contributed by atoms with Crippen molar-refractivity contribution in [3.05, 3.63) is 16.0 Å². The molecule has 1 amide bonds. The predicted octanol–water partition coefficient (Wildman–Crippen LogP) is 4.35. The molecule has 136 valence electrons. The van der Waals surface area contributed by atoms with E-state index in [1.807, 2.05) is 0 Å². The summed E-state index contributed by atoms with van der Waals surface area (Å²) in [7, 11) is 0. The molecule has 0 aliphatic heterocycles. The molecule has 1 atom stereocenters. The van der Waals surface area contributed by atoms with Gasteiger partial charge in [-0.15, -0.1) is 11.3 Å². The highest BCUT2D eigenvalue weighted by Crippen LogP contribution is 2.45. The van der Waals surface area contributed by atoms with Crippen LogP contribution in [-0.2, 0) is 22.4 Å². The molecule has 0 aromatic carbocycles. The van der Waals surface area contributed by atoms with Crippen LogP contribution in [0.25, 0.3) is 0 Å². The van der Waals surface area contributed by atoms with Gasteiger partial charge in [0.05, 0.1) is 5.56 Å². The molecule has 0 unspecified atom stereocenters. The molecule has 2 N–H and O–H groups in total. The molecular weight excluding hydrogens is 336 g/mol. The Kier molecular flexibility index (Phi) is 6.23. The van der Waals surface area contributed by atoms with Crippen molar-refractivity contribution in [2.75, 3.05) is 5.32 Å². The van der Waals surface area contributed by atoms with Gasteiger partial charge in [-0.05, 0) is 42.6 Å². The van der Waals surface area contributed by atoms with Crippen molar-refractivity contribution in [2.45, 2.75) is 65.7 Å². The lowest BCUT2D eigenvalue weighted by atomic mass is 9.69. The highest BCUT2D eigenvalue weighted by molar-refractivity contribution is 7.16. The van der Waals surface area contributed by atoms with Gasteiger partial charge >= 0.3 is 5.97 Å². The van der Waals surface area contributed by atoms with Gasteiger partial charge in [0.15, 0.2) is 0 Å². The van der Waals surface area contributed by atoms with Gasteiger partial charge in [0.1, 0.15) is 11.1 Å². The number of carboxylic acid groups (broad SMARTS) is 1. The molecule has 0 saturated carbocycles. The number of carbonyl (C=O) groups excluding carboxylic acids is 1. The monoisotopic (exact) mass is 362 g/mol. The highest BCUT2D eigenvalue weighted by atomic mass is 32.1. The topological polar surface area (TPSA) is 90.2 Å². The van der Waals surface area contributed by atoms with Crippen molar-refractivity contribution in [1.82, 2.24) is 0 Å². The Labute approximate surface area is 153 Å². The SMILES string of the molecule is CCC(C)(C)[C@@H]1CCc2c(sc(NC(=O)CCCC(=O)O)c2C#N)C1. The molecule has 0 saturated heterocycles. The van der Waals surface area contributed by atoms with Crippen LogP contribution in [0.1, 0.15) is 68.9 Å². The van der Waals surface area contributed by atoms with Gasteiger partial charge in [-0.3, -0.25) is 9.59 Å². The van der Waals surface area contributed by atoms with Crippen molar-refractivity contribution in [1.29, 1.82) is 5.26 Å². The maximum Gasteiger partial charge on any atom is 0.303 e. The van der Waals surface area contributed by atoms with E-state index < -0.39 is 5.97 Å². The summed E-state index contributed by atoms with van der Waals surface area (Å²) in [6.07, 6.45) is 4.49.